The molecule has 1 aromatic carbocycles. The highest BCUT2D eigenvalue weighted by atomic mass is 32.2. The van der Waals surface area contributed by atoms with E-state index in [2.05, 4.69) is 5.32 Å². The average Bonchev–Trinajstić information content (AvgIpc) is 2.56. The van der Waals surface area contributed by atoms with Crippen LogP contribution in [-0.4, -0.2) is 21.9 Å². The van der Waals surface area contributed by atoms with Gasteiger partial charge in [-0.1, -0.05) is 30.3 Å². The van der Waals surface area contributed by atoms with Gasteiger partial charge in [-0.25, -0.2) is 0 Å². The SMILES string of the molecule is CC1(C)S[C@@H](c2ccccc2)NC1C(=O)O. The molecule has 86 valence electrons. The van der Waals surface area contributed by atoms with Crippen molar-refractivity contribution in [2.45, 2.75) is 30.0 Å². The molecule has 4 heteroatoms. The maximum atomic E-state index is 11.1. The van der Waals surface area contributed by atoms with E-state index in [4.69, 9.17) is 5.11 Å². The Balaban J connectivity index is 2.21. The number of hydrogen-bond acceptors (Lipinski definition) is 3. The summed E-state index contributed by atoms with van der Waals surface area (Å²) in [4.78, 5) is 11.1. The van der Waals surface area contributed by atoms with Crippen LogP contribution in [0, 0.1) is 0 Å². The summed E-state index contributed by atoms with van der Waals surface area (Å²) in [6.07, 6.45) is 0. The molecule has 1 aromatic rings. The van der Waals surface area contributed by atoms with Gasteiger partial charge in [-0.3, -0.25) is 10.1 Å². The Labute approximate surface area is 99.2 Å². The van der Waals surface area contributed by atoms with Crippen molar-refractivity contribution < 1.29 is 9.90 Å². The average molecular weight is 237 g/mol. The third-order valence-electron chi connectivity index (χ3n) is 2.78. The van der Waals surface area contributed by atoms with Crippen LogP contribution >= 0.6 is 11.8 Å². The quantitative estimate of drug-likeness (QED) is 0.828. The molecule has 0 saturated carbocycles. The van der Waals surface area contributed by atoms with Gasteiger partial charge >= 0.3 is 5.97 Å². The number of rotatable bonds is 2. The fourth-order valence-electron chi connectivity index (χ4n) is 1.92. The van der Waals surface area contributed by atoms with Gasteiger partial charge < -0.3 is 5.11 Å². The van der Waals surface area contributed by atoms with Crippen LogP contribution in [0.4, 0.5) is 0 Å². The van der Waals surface area contributed by atoms with Gasteiger partial charge in [-0.05, 0) is 19.4 Å². The maximum Gasteiger partial charge on any atom is 0.322 e. The number of carbonyl (C=O) groups is 1. The fourth-order valence-corrected chi connectivity index (χ4v) is 3.33. The predicted octanol–water partition coefficient (Wildman–Crippen LogP) is 2.25. The van der Waals surface area contributed by atoms with Gasteiger partial charge in [0.25, 0.3) is 0 Å². The first-order chi connectivity index (χ1) is 7.50. The van der Waals surface area contributed by atoms with Gasteiger partial charge in [-0.2, -0.15) is 0 Å². The second kappa shape index (κ2) is 4.11. The molecule has 1 heterocycles. The number of aliphatic carboxylic acids is 1. The number of thioether (sulfide) groups is 1. The summed E-state index contributed by atoms with van der Waals surface area (Å²) in [5, 5.41) is 12.4. The first kappa shape index (κ1) is 11.5. The van der Waals surface area contributed by atoms with Crippen LogP contribution in [0.25, 0.3) is 0 Å². The van der Waals surface area contributed by atoms with Crippen molar-refractivity contribution in [3.05, 3.63) is 35.9 Å². The van der Waals surface area contributed by atoms with E-state index >= 15 is 0 Å². The minimum atomic E-state index is -0.782. The van der Waals surface area contributed by atoms with E-state index in [1.165, 1.54) is 0 Å². The Bertz CT molecular complexity index is 391. The van der Waals surface area contributed by atoms with Gasteiger partial charge in [0.2, 0.25) is 0 Å². The Morgan fingerprint density at radius 2 is 2.00 bits per heavy atom. The van der Waals surface area contributed by atoms with E-state index in [9.17, 15) is 4.79 Å². The van der Waals surface area contributed by atoms with Crippen molar-refractivity contribution in [3.8, 4) is 0 Å². The summed E-state index contributed by atoms with van der Waals surface area (Å²) in [6.45, 7) is 3.93. The zero-order valence-electron chi connectivity index (χ0n) is 9.31. The summed E-state index contributed by atoms with van der Waals surface area (Å²) in [7, 11) is 0. The Morgan fingerprint density at radius 3 is 2.50 bits per heavy atom. The molecule has 2 N–H and O–H groups in total. The topological polar surface area (TPSA) is 49.3 Å². The Morgan fingerprint density at radius 1 is 1.38 bits per heavy atom. The molecule has 1 fully saturated rings. The van der Waals surface area contributed by atoms with E-state index in [1.54, 1.807) is 11.8 Å². The molecular weight excluding hydrogens is 222 g/mol. The molecule has 0 spiro atoms. The predicted molar refractivity (Wildman–Crippen MR) is 65.4 cm³/mol. The molecule has 1 saturated heterocycles. The van der Waals surface area contributed by atoms with Crippen molar-refractivity contribution >= 4 is 17.7 Å². The minimum absolute atomic E-state index is 0.0669. The van der Waals surface area contributed by atoms with E-state index in [0.29, 0.717) is 0 Å². The van der Waals surface area contributed by atoms with E-state index in [0.717, 1.165) is 5.56 Å². The lowest BCUT2D eigenvalue weighted by molar-refractivity contribution is -0.139. The standard InChI is InChI=1S/C12H15NO2S/c1-12(2)9(11(14)15)13-10(16-12)8-6-4-3-5-7-8/h3-7,9-10,13H,1-2H3,(H,14,15)/t9?,10-/m0/s1. The second-order valence-electron chi connectivity index (χ2n) is 4.45. The largest absolute Gasteiger partial charge is 0.480 e. The number of carboxylic acids is 1. The molecule has 0 radical (unpaired) electrons. The van der Waals surface area contributed by atoms with Gasteiger partial charge in [0.05, 0.1) is 5.37 Å². The molecule has 1 aliphatic heterocycles. The molecule has 0 aliphatic carbocycles. The maximum absolute atomic E-state index is 11.1. The van der Waals surface area contributed by atoms with Gasteiger partial charge in [0, 0.05) is 4.75 Å². The number of nitrogens with one attached hydrogen (secondary N) is 1. The molecule has 0 aromatic heterocycles. The highest BCUT2D eigenvalue weighted by Crippen LogP contribution is 2.45. The molecule has 2 atom stereocenters. The van der Waals surface area contributed by atoms with Gasteiger partial charge in [-0.15, -0.1) is 11.8 Å². The lowest BCUT2D eigenvalue weighted by Gasteiger charge is -2.20. The van der Waals surface area contributed by atoms with Crippen molar-refractivity contribution in [3.63, 3.8) is 0 Å². The smallest absolute Gasteiger partial charge is 0.322 e. The third-order valence-corrected chi connectivity index (χ3v) is 4.27. The summed E-state index contributed by atoms with van der Waals surface area (Å²) in [5.41, 5.74) is 1.13. The van der Waals surface area contributed by atoms with E-state index in [1.807, 2.05) is 44.2 Å². The first-order valence-corrected chi connectivity index (χ1v) is 6.10. The summed E-state index contributed by atoms with van der Waals surface area (Å²) < 4.78 is -0.285. The monoisotopic (exact) mass is 237 g/mol. The molecule has 2 rings (SSSR count). The van der Waals surface area contributed by atoms with Crippen LogP contribution in [0.5, 0.6) is 0 Å². The summed E-state index contributed by atoms with van der Waals surface area (Å²) in [5.74, 6) is -0.782. The molecule has 1 unspecified atom stereocenters. The van der Waals surface area contributed by atoms with Crippen molar-refractivity contribution in [1.29, 1.82) is 0 Å². The van der Waals surface area contributed by atoms with Crippen LogP contribution < -0.4 is 5.32 Å². The minimum Gasteiger partial charge on any atom is -0.480 e. The number of benzene rings is 1. The molecule has 16 heavy (non-hydrogen) atoms. The zero-order chi connectivity index (χ0) is 11.8. The van der Waals surface area contributed by atoms with Gasteiger partial charge in [0.1, 0.15) is 6.04 Å². The second-order valence-corrected chi connectivity index (χ2v) is 6.21. The molecule has 1 aliphatic rings. The normalized spacial score (nSPS) is 27.9. The number of hydrogen-bond donors (Lipinski definition) is 2. The fraction of sp³-hybridized carbons (Fsp3) is 0.417. The van der Waals surface area contributed by atoms with Crippen molar-refractivity contribution in [1.82, 2.24) is 5.32 Å². The Hall–Kier alpha value is -1.00. The molecule has 0 bridgehead atoms. The lowest BCUT2D eigenvalue weighted by atomic mass is 10.0. The number of carboxylic acid groups (broad SMARTS) is 1. The van der Waals surface area contributed by atoms with Gasteiger partial charge in [0.15, 0.2) is 0 Å². The molecule has 0 amide bonds. The summed E-state index contributed by atoms with van der Waals surface area (Å²) in [6, 6.07) is 9.44. The van der Waals surface area contributed by atoms with Crippen LogP contribution in [-0.2, 0) is 4.79 Å². The Kier molecular flexibility index (Phi) is 2.95. The van der Waals surface area contributed by atoms with Crippen LogP contribution in [0.2, 0.25) is 0 Å². The van der Waals surface area contributed by atoms with Crippen LogP contribution in [0.1, 0.15) is 24.8 Å². The first-order valence-electron chi connectivity index (χ1n) is 5.22. The highest BCUT2D eigenvalue weighted by Gasteiger charge is 2.45. The van der Waals surface area contributed by atoms with Crippen LogP contribution in [0.15, 0.2) is 30.3 Å². The van der Waals surface area contributed by atoms with E-state index < -0.39 is 12.0 Å². The van der Waals surface area contributed by atoms with Crippen molar-refractivity contribution in [2.24, 2.45) is 0 Å². The zero-order valence-corrected chi connectivity index (χ0v) is 10.1. The third kappa shape index (κ3) is 2.08. The summed E-state index contributed by atoms with van der Waals surface area (Å²) >= 11 is 1.67. The molecular formula is C12H15NO2S. The van der Waals surface area contributed by atoms with E-state index in [-0.39, 0.29) is 10.1 Å². The highest BCUT2D eigenvalue weighted by molar-refractivity contribution is 8.01. The lowest BCUT2D eigenvalue weighted by Crippen LogP contribution is -2.43. The van der Waals surface area contributed by atoms with Crippen LogP contribution in [0.3, 0.4) is 0 Å². The van der Waals surface area contributed by atoms with Crippen molar-refractivity contribution in [2.75, 3.05) is 0 Å². The molecule has 3 nitrogen and oxygen atoms in total.